The Balaban J connectivity index is 2.57. The number of carbonyl (C=O) groups is 1. The maximum atomic E-state index is 11.3. The number of hydrogen-bond donors (Lipinski definition) is 0. The lowest BCUT2D eigenvalue weighted by Gasteiger charge is -2.39. The van der Waals surface area contributed by atoms with Gasteiger partial charge in [0.2, 0.25) is 0 Å². The van der Waals surface area contributed by atoms with E-state index in [1.807, 2.05) is 0 Å². The summed E-state index contributed by atoms with van der Waals surface area (Å²) in [6, 6.07) is 0. The van der Waals surface area contributed by atoms with Crippen molar-refractivity contribution in [1.29, 1.82) is 0 Å². The second kappa shape index (κ2) is 5.55. The van der Waals surface area contributed by atoms with E-state index in [-0.39, 0.29) is 11.5 Å². The fourth-order valence-electron chi connectivity index (χ4n) is 2.50. The first kappa shape index (κ1) is 13.3. The van der Waals surface area contributed by atoms with Crippen LogP contribution in [0, 0.1) is 11.3 Å². The van der Waals surface area contributed by atoms with Gasteiger partial charge in [-0.1, -0.05) is 27.2 Å². The highest BCUT2D eigenvalue weighted by Crippen LogP contribution is 2.39. The molecular weight excluding hydrogens is 204 g/mol. The van der Waals surface area contributed by atoms with E-state index < -0.39 is 6.16 Å². The van der Waals surface area contributed by atoms with Crippen LogP contribution < -0.4 is 0 Å². The van der Waals surface area contributed by atoms with Crippen LogP contribution >= 0.6 is 0 Å². The molecule has 94 valence electrons. The zero-order chi connectivity index (χ0) is 12.2. The smallest absolute Gasteiger partial charge is 0.435 e. The topological polar surface area (TPSA) is 35.5 Å². The molecular formula is C13H24O3. The lowest BCUT2D eigenvalue weighted by Crippen LogP contribution is -2.38. The molecule has 3 nitrogen and oxygen atoms in total. The van der Waals surface area contributed by atoms with Gasteiger partial charge in [0.25, 0.3) is 0 Å². The third-order valence-corrected chi connectivity index (χ3v) is 3.32. The van der Waals surface area contributed by atoms with Crippen molar-refractivity contribution in [2.75, 3.05) is 6.61 Å². The lowest BCUT2D eigenvalue weighted by molar-refractivity contribution is -0.0379. The molecule has 0 aromatic rings. The first-order valence-corrected chi connectivity index (χ1v) is 6.28. The third-order valence-electron chi connectivity index (χ3n) is 3.32. The fourth-order valence-corrected chi connectivity index (χ4v) is 2.50. The molecule has 16 heavy (non-hydrogen) atoms. The van der Waals surface area contributed by atoms with E-state index in [0.717, 1.165) is 19.3 Å². The minimum absolute atomic E-state index is 0.0350. The van der Waals surface area contributed by atoms with Crippen molar-refractivity contribution in [1.82, 2.24) is 0 Å². The van der Waals surface area contributed by atoms with E-state index in [2.05, 4.69) is 20.8 Å². The molecule has 0 radical (unpaired) electrons. The van der Waals surface area contributed by atoms with Gasteiger partial charge < -0.3 is 9.47 Å². The van der Waals surface area contributed by atoms with Crippen LogP contribution in [-0.4, -0.2) is 18.9 Å². The fraction of sp³-hybridized carbons (Fsp3) is 0.923. The van der Waals surface area contributed by atoms with Crippen LogP contribution in [0.25, 0.3) is 0 Å². The normalized spacial score (nSPS) is 26.2. The highest BCUT2D eigenvalue weighted by atomic mass is 16.7. The molecule has 0 N–H and O–H groups in total. The van der Waals surface area contributed by atoms with Crippen molar-refractivity contribution in [3.05, 3.63) is 0 Å². The van der Waals surface area contributed by atoms with Gasteiger partial charge in [0.1, 0.15) is 6.10 Å². The number of ether oxygens (including phenoxy) is 2. The first-order valence-electron chi connectivity index (χ1n) is 6.28. The number of hydrogen-bond acceptors (Lipinski definition) is 3. The van der Waals surface area contributed by atoms with Crippen molar-refractivity contribution in [2.24, 2.45) is 11.3 Å². The van der Waals surface area contributed by atoms with Gasteiger partial charge in [0, 0.05) is 5.92 Å². The van der Waals surface area contributed by atoms with E-state index in [9.17, 15) is 4.79 Å². The molecule has 3 heteroatoms. The van der Waals surface area contributed by atoms with Crippen LogP contribution in [0.3, 0.4) is 0 Å². The summed E-state index contributed by atoms with van der Waals surface area (Å²) in [6.07, 6.45) is 4.03. The molecule has 0 aliphatic heterocycles. The first-order chi connectivity index (χ1) is 7.45. The number of carbonyl (C=O) groups excluding carboxylic acids is 1. The summed E-state index contributed by atoms with van der Waals surface area (Å²) < 4.78 is 10.3. The predicted octanol–water partition coefficient (Wildman–Crippen LogP) is 3.76. The molecule has 0 spiro atoms. The van der Waals surface area contributed by atoms with Gasteiger partial charge in [-0.2, -0.15) is 0 Å². The molecule has 0 aromatic heterocycles. The predicted molar refractivity (Wildman–Crippen MR) is 63.3 cm³/mol. The largest absolute Gasteiger partial charge is 0.508 e. The molecule has 0 amide bonds. The van der Waals surface area contributed by atoms with Crippen molar-refractivity contribution in [2.45, 2.75) is 59.5 Å². The van der Waals surface area contributed by atoms with Gasteiger partial charge in [-0.15, -0.1) is 0 Å². The summed E-state index contributed by atoms with van der Waals surface area (Å²) in [5.41, 5.74) is 0.192. The highest BCUT2D eigenvalue weighted by Gasteiger charge is 2.36. The minimum atomic E-state index is -0.511. The van der Waals surface area contributed by atoms with Crippen molar-refractivity contribution < 1.29 is 14.3 Å². The summed E-state index contributed by atoms with van der Waals surface area (Å²) in [5.74, 6) is 0.450. The van der Waals surface area contributed by atoms with Gasteiger partial charge in [-0.25, -0.2) is 4.79 Å². The van der Waals surface area contributed by atoms with Gasteiger partial charge in [0.15, 0.2) is 0 Å². The summed E-state index contributed by atoms with van der Waals surface area (Å²) >= 11 is 0. The van der Waals surface area contributed by atoms with Crippen LogP contribution in [0.2, 0.25) is 0 Å². The van der Waals surface area contributed by atoms with Crippen molar-refractivity contribution >= 4 is 6.16 Å². The van der Waals surface area contributed by atoms with Gasteiger partial charge >= 0.3 is 6.16 Å². The lowest BCUT2D eigenvalue weighted by atomic mass is 9.71. The Morgan fingerprint density at radius 2 is 1.88 bits per heavy atom. The maximum Gasteiger partial charge on any atom is 0.508 e. The minimum Gasteiger partial charge on any atom is -0.435 e. The molecule has 1 saturated carbocycles. The Morgan fingerprint density at radius 3 is 2.44 bits per heavy atom. The number of rotatable bonds is 2. The van der Waals surface area contributed by atoms with Crippen LogP contribution in [0.15, 0.2) is 0 Å². The summed E-state index contributed by atoms with van der Waals surface area (Å²) in [7, 11) is 0. The quantitative estimate of drug-likeness (QED) is 0.675. The summed E-state index contributed by atoms with van der Waals surface area (Å²) in [5, 5.41) is 0. The molecule has 1 aliphatic carbocycles. The Hall–Kier alpha value is -0.730. The van der Waals surface area contributed by atoms with E-state index in [4.69, 9.17) is 9.47 Å². The Labute approximate surface area is 98.5 Å². The van der Waals surface area contributed by atoms with Crippen molar-refractivity contribution in [3.63, 3.8) is 0 Å². The monoisotopic (exact) mass is 228 g/mol. The molecule has 0 bridgehead atoms. The zero-order valence-corrected chi connectivity index (χ0v) is 10.9. The molecule has 1 fully saturated rings. The SMILES string of the molecule is CCOC(=O)OC1CCCCC1C(C)(C)C. The van der Waals surface area contributed by atoms with Crippen LogP contribution in [0.5, 0.6) is 0 Å². The Bertz CT molecular complexity index is 230. The summed E-state index contributed by atoms with van der Waals surface area (Å²) in [6.45, 7) is 8.81. The standard InChI is InChI=1S/C13H24O3/c1-5-15-12(14)16-11-9-7-6-8-10(11)13(2,3)4/h10-11H,5-9H2,1-4H3. The summed E-state index contributed by atoms with van der Waals surface area (Å²) in [4.78, 5) is 11.3. The zero-order valence-electron chi connectivity index (χ0n) is 10.9. The van der Waals surface area contributed by atoms with E-state index >= 15 is 0 Å². The highest BCUT2D eigenvalue weighted by molar-refractivity contribution is 5.60. The third kappa shape index (κ3) is 3.69. The molecule has 0 heterocycles. The van der Waals surface area contributed by atoms with Crippen LogP contribution in [0.1, 0.15) is 53.4 Å². The molecule has 0 saturated heterocycles. The Kier molecular flexibility index (Phi) is 4.63. The molecule has 0 aromatic carbocycles. The van der Waals surface area contributed by atoms with E-state index in [1.165, 1.54) is 6.42 Å². The second-order valence-electron chi connectivity index (χ2n) is 5.60. The average molecular weight is 228 g/mol. The molecule has 2 unspecified atom stereocenters. The maximum absolute atomic E-state index is 11.3. The molecule has 1 aliphatic rings. The van der Waals surface area contributed by atoms with Gasteiger partial charge in [-0.05, 0) is 31.6 Å². The van der Waals surface area contributed by atoms with E-state index in [1.54, 1.807) is 6.92 Å². The molecule has 2 atom stereocenters. The van der Waals surface area contributed by atoms with Gasteiger partial charge in [0.05, 0.1) is 6.61 Å². The van der Waals surface area contributed by atoms with Crippen molar-refractivity contribution in [3.8, 4) is 0 Å². The van der Waals surface area contributed by atoms with Crippen LogP contribution in [0.4, 0.5) is 4.79 Å². The van der Waals surface area contributed by atoms with Gasteiger partial charge in [-0.3, -0.25) is 0 Å². The second-order valence-corrected chi connectivity index (χ2v) is 5.60. The van der Waals surface area contributed by atoms with E-state index in [0.29, 0.717) is 12.5 Å². The van der Waals surface area contributed by atoms with Crippen LogP contribution in [-0.2, 0) is 9.47 Å². The molecule has 1 rings (SSSR count). The average Bonchev–Trinajstić information content (AvgIpc) is 2.17. The Morgan fingerprint density at radius 1 is 1.25 bits per heavy atom.